The molecule has 226 valence electrons. The third kappa shape index (κ3) is 9.34. The van der Waals surface area contributed by atoms with Gasteiger partial charge < -0.3 is 15.0 Å². The van der Waals surface area contributed by atoms with Gasteiger partial charge in [0.2, 0.25) is 21.8 Å². The number of benzene rings is 3. The molecule has 8 nitrogen and oxygen atoms in total. The lowest BCUT2D eigenvalue weighted by Gasteiger charge is -2.33. The van der Waals surface area contributed by atoms with Gasteiger partial charge in [-0.2, -0.15) is 0 Å². The van der Waals surface area contributed by atoms with Crippen LogP contribution in [0.1, 0.15) is 49.8 Å². The maximum atomic E-state index is 14.0. The van der Waals surface area contributed by atoms with Gasteiger partial charge in [0, 0.05) is 32.0 Å². The number of amides is 2. The van der Waals surface area contributed by atoms with Crippen LogP contribution in [0.5, 0.6) is 5.75 Å². The van der Waals surface area contributed by atoms with Crippen LogP contribution in [0.4, 0.5) is 5.69 Å². The minimum absolute atomic E-state index is 0.0455. The van der Waals surface area contributed by atoms with Crippen molar-refractivity contribution in [1.29, 1.82) is 0 Å². The molecule has 0 saturated carbocycles. The second-order valence-electron chi connectivity index (χ2n) is 10.6. The molecule has 0 fully saturated rings. The number of nitrogens with one attached hydrogen (secondary N) is 1. The van der Waals surface area contributed by atoms with Crippen molar-refractivity contribution in [3.8, 4) is 5.75 Å². The zero-order valence-corrected chi connectivity index (χ0v) is 26.1. The summed E-state index contributed by atoms with van der Waals surface area (Å²) in [7, 11) is -2.16. The predicted molar refractivity (Wildman–Crippen MR) is 168 cm³/mol. The van der Waals surface area contributed by atoms with E-state index in [2.05, 4.69) is 5.32 Å². The Morgan fingerprint density at radius 2 is 1.62 bits per heavy atom. The van der Waals surface area contributed by atoms with E-state index in [1.807, 2.05) is 75.4 Å². The van der Waals surface area contributed by atoms with Gasteiger partial charge in [0.25, 0.3) is 0 Å². The SMILES string of the molecule is CC[C@@H](C)NC(=O)[C@H](Cc1ccccc1)N(Cc1cccc(C)c1)C(=O)CCCN(c1ccccc1OC)S(C)(=O)=O. The normalized spacial score (nSPS) is 12.7. The fourth-order valence-electron chi connectivity index (χ4n) is 4.82. The largest absolute Gasteiger partial charge is 0.495 e. The molecule has 0 bridgehead atoms. The van der Waals surface area contributed by atoms with E-state index in [0.717, 1.165) is 29.4 Å². The summed E-state index contributed by atoms with van der Waals surface area (Å²) in [4.78, 5) is 29.3. The number of anilines is 1. The van der Waals surface area contributed by atoms with Crippen molar-refractivity contribution in [3.63, 3.8) is 0 Å². The fraction of sp³-hybridized carbons (Fsp3) is 0.394. The lowest BCUT2D eigenvalue weighted by atomic mass is 10.0. The Morgan fingerprint density at radius 3 is 2.26 bits per heavy atom. The van der Waals surface area contributed by atoms with E-state index in [1.165, 1.54) is 11.4 Å². The summed E-state index contributed by atoms with van der Waals surface area (Å²) in [5, 5.41) is 3.08. The maximum absolute atomic E-state index is 14.0. The molecule has 0 saturated heterocycles. The number of hydrogen-bond donors (Lipinski definition) is 1. The highest BCUT2D eigenvalue weighted by Crippen LogP contribution is 2.30. The number of hydrogen-bond acceptors (Lipinski definition) is 5. The van der Waals surface area contributed by atoms with Gasteiger partial charge >= 0.3 is 0 Å². The molecule has 0 aliphatic carbocycles. The maximum Gasteiger partial charge on any atom is 0.243 e. The molecule has 0 radical (unpaired) electrons. The minimum atomic E-state index is -3.64. The van der Waals surface area contributed by atoms with Crippen LogP contribution in [-0.4, -0.2) is 57.1 Å². The number of carbonyl (C=O) groups excluding carboxylic acids is 2. The molecule has 1 N–H and O–H groups in total. The van der Waals surface area contributed by atoms with Gasteiger partial charge in [-0.05, 0) is 49.9 Å². The Morgan fingerprint density at radius 1 is 0.952 bits per heavy atom. The molecule has 42 heavy (non-hydrogen) atoms. The summed E-state index contributed by atoms with van der Waals surface area (Å²) in [5.41, 5.74) is 3.35. The molecule has 3 aromatic carbocycles. The molecule has 2 atom stereocenters. The molecule has 3 aromatic rings. The quantitative estimate of drug-likeness (QED) is 0.264. The average molecular weight is 594 g/mol. The van der Waals surface area contributed by atoms with Gasteiger partial charge in [-0.15, -0.1) is 0 Å². The lowest BCUT2D eigenvalue weighted by Crippen LogP contribution is -2.52. The van der Waals surface area contributed by atoms with Crippen LogP contribution in [0.25, 0.3) is 0 Å². The molecule has 0 aliphatic heterocycles. The van der Waals surface area contributed by atoms with Crippen LogP contribution in [0.2, 0.25) is 0 Å². The summed E-state index contributed by atoms with van der Waals surface area (Å²) in [6, 6.07) is 23.7. The molecule has 0 aliphatic rings. The number of aryl methyl sites for hydroxylation is 1. The van der Waals surface area contributed by atoms with Gasteiger partial charge in [0.05, 0.1) is 19.1 Å². The number of ether oxygens (including phenoxy) is 1. The highest BCUT2D eigenvalue weighted by Gasteiger charge is 2.31. The monoisotopic (exact) mass is 593 g/mol. The first-order valence-corrected chi connectivity index (χ1v) is 16.2. The van der Waals surface area contributed by atoms with Gasteiger partial charge in [0.15, 0.2) is 0 Å². The van der Waals surface area contributed by atoms with Crippen molar-refractivity contribution in [2.75, 3.05) is 24.2 Å². The molecule has 0 spiro atoms. The lowest BCUT2D eigenvalue weighted by molar-refractivity contribution is -0.141. The summed E-state index contributed by atoms with van der Waals surface area (Å²) in [5.74, 6) is 0.00572. The zero-order valence-electron chi connectivity index (χ0n) is 25.2. The van der Waals surface area contributed by atoms with Crippen LogP contribution in [0.3, 0.4) is 0 Å². The number of nitrogens with zero attached hydrogens (tertiary/aromatic N) is 2. The standard InChI is InChI=1S/C33H43N3O5S/c1-6-26(3)34-33(38)30(23-27-15-8-7-9-16-27)35(24-28-17-12-14-25(2)22-28)32(37)20-13-21-36(42(5,39)40)29-18-10-11-19-31(29)41-4/h7-12,14-19,22,26,30H,6,13,20-21,23-24H2,1-5H3,(H,34,38)/t26-,30+/m1/s1. The van der Waals surface area contributed by atoms with E-state index in [4.69, 9.17) is 4.74 Å². The van der Waals surface area contributed by atoms with E-state index in [1.54, 1.807) is 29.2 Å². The second kappa shape index (κ2) is 15.4. The molecule has 0 aromatic heterocycles. The summed E-state index contributed by atoms with van der Waals surface area (Å²) < 4.78 is 32.1. The first kappa shape index (κ1) is 32.7. The second-order valence-corrected chi connectivity index (χ2v) is 12.6. The van der Waals surface area contributed by atoms with E-state index in [0.29, 0.717) is 17.9 Å². The first-order valence-electron chi connectivity index (χ1n) is 14.3. The number of rotatable bonds is 15. The molecular weight excluding hydrogens is 550 g/mol. The smallest absolute Gasteiger partial charge is 0.243 e. The third-order valence-corrected chi connectivity index (χ3v) is 8.39. The zero-order chi connectivity index (χ0) is 30.7. The van der Waals surface area contributed by atoms with Gasteiger partial charge in [-0.25, -0.2) is 8.42 Å². The average Bonchev–Trinajstić information content (AvgIpc) is 2.96. The summed E-state index contributed by atoms with van der Waals surface area (Å²) in [6.07, 6.45) is 2.59. The molecule has 9 heteroatoms. The van der Waals surface area contributed by atoms with Crippen molar-refractivity contribution in [3.05, 3.63) is 95.6 Å². The predicted octanol–water partition coefficient (Wildman–Crippen LogP) is 5.10. The molecule has 0 unspecified atom stereocenters. The number of sulfonamides is 1. The Hall–Kier alpha value is -3.85. The van der Waals surface area contributed by atoms with Gasteiger partial charge in [-0.1, -0.05) is 79.2 Å². The Kier molecular flexibility index (Phi) is 12.0. The van der Waals surface area contributed by atoms with Crippen LogP contribution in [-0.2, 0) is 32.6 Å². The Bertz CT molecular complexity index is 1430. The van der Waals surface area contributed by atoms with E-state index >= 15 is 0 Å². The molecular formula is C33H43N3O5S. The molecule has 0 heterocycles. The van der Waals surface area contributed by atoms with Crippen molar-refractivity contribution < 1.29 is 22.7 Å². The summed E-state index contributed by atoms with van der Waals surface area (Å²) >= 11 is 0. The van der Waals surface area contributed by atoms with Crippen molar-refractivity contribution in [2.24, 2.45) is 0 Å². The van der Waals surface area contributed by atoms with Gasteiger partial charge in [0.1, 0.15) is 11.8 Å². The molecule has 3 rings (SSSR count). The topological polar surface area (TPSA) is 96.0 Å². The number of para-hydroxylation sites is 2. The number of methoxy groups -OCH3 is 1. The minimum Gasteiger partial charge on any atom is -0.495 e. The fourth-order valence-corrected chi connectivity index (χ4v) is 5.79. The van der Waals surface area contributed by atoms with E-state index in [9.17, 15) is 18.0 Å². The van der Waals surface area contributed by atoms with Crippen molar-refractivity contribution in [2.45, 2.75) is 65.1 Å². The highest BCUT2D eigenvalue weighted by molar-refractivity contribution is 7.92. The highest BCUT2D eigenvalue weighted by atomic mass is 32.2. The van der Waals surface area contributed by atoms with E-state index < -0.39 is 16.1 Å². The van der Waals surface area contributed by atoms with Crippen LogP contribution in [0.15, 0.2) is 78.9 Å². The van der Waals surface area contributed by atoms with Crippen LogP contribution in [0, 0.1) is 6.92 Å². The Balaban J connectivity index is 1.91. The van der Waals surface area contributed by atoms with Crippen LogP contribution < -0.4 is 14.4 Å². The molecule has 2 amide bonds. The van der Waals surface area contributed by atoms with Gasteiger partial charge in [-0.3, -0.25) is 13.9 Å². The van der Waals surface area contributed by atoms with Crippen molar-refractivity contribution in [1.82, 2.24) is 10.2 Å². The Labute approximate surface area is 250 Å². The van der Waals surface area contributed by atoms with E-state index in [-0.39, 0.29) is 43.8 Å². The van der Waals surface area contributed by atoms with Crippen LogP contribution >= 0.6 is 0 Å². The first-order chi connectivity index (χ1) is 20.0. The van der Waals surface area contributed by atoms with Crippen molar-refractivity contribution >= 4 is 27.5 Å². The third-order valence-electron chi connectivity index (χ3n) is 7.21. The summed E-state index contributed by atoms with van der Waals surface area (Å²) in [6.45, 7) is 6.29. The number of carbonyl (C=O) groups is 2.